The van der Waals surface area contributed by atoms with Gasteiger partial charge in [-0.3, -0.25) is 4.79 Å². The van der Waals surface area contributed by atoms with Crippen molar-refractivity contribution in [2.45, 2.75) is 17.9 Å². The summed E-state index contributed by atoms with van der Waals surface area (Å²) in [7, 11) is 3.89. The van der Waals surface area contributed by atoms with Gasteiger partial charge >= 0.3 is 0 Å². The number of hydrogen-bond donors (Lipinski definition) is 1. The first-order valence-corrected chi connectivity index (χ1v) is 12.2. The van der Waals surface area contributed by atoms with Crippen LogP contribution in [0.25, 0.3) is 0 Å². The molecule has 1 aromatic heterocycles. The fraction of sp³-hybridized carbons (Fsp3) is 0.320. The summed E-state index contributed by atoms with van der Waals surface area (Å²) in [6.07, 6.45) is 3.54. The average Bonchev–Trinajstić information content (AvgIpc) is 2.98. The Kier molecular flexibility index (Phi) is 7.59. The lowest BCUT2D eigenvalue weighted by molar-refractivity contribution is 0.0411. The Morgan fingerprint density at radius 3 is 2.58 bits per heavy atom. The molecule has 172 valence electrons. The van der Waals surface area contributed by atoms with Gasteiger partial charge in [-0.1, -0.05) is 54.2 Å². The van der Waals surface area contributed by atoms with Crippen molar-refractivity contribution in [1.82, 2.24) is 15.3 Å². The molecular formula is C25H29N5O2S. The standard InChI is InChI=1S/C25H29N5O2S/c1-26-16-22(19-7-5-4-6-8-19)32-17-18-9-11-20(12-10-18)30-14-13-29(2)23-21(24(30)31)15-27-25(28-23)33-3/h4-12,15,22,26H,13-14,16-17H2,1-3H3. The topological polar surface area (TPSA) is 70.6 Å². The average molecular weight is 464 g/mol. The second kappa shape index (κ2) is 10.8. The summed E-state index contributed by atoms with van der Waals surface area (Å²) in [5.41, 5.74) is 3.59. The number of fused-ring (bicyclic) bond motifs is 1. The molecule has 1 amide bonds. The molecule has 0 saturated carbocycles. The van der Waals surface area contributed by atoms with E-state index in [1.165, 1.54) is 11.8 Å². The summed E-state index contributed by atoms with van der Waals surface area (Å²) in [6, 6.07) is 18.2. The van der Waals surface area contributed by atoms with Gasteiger partial charge < -0.3 is 19.9 Å². The normalized spacial score (nSPS) is 14.7. The minimum Gasteiger partial charge on any atom is -0.368 e. The Hall–Kier alpha value is -2.94. The van der Waals surface area contributed by atoms with E-state index in [1.807, 2.05) is 67.7 Å². The van der Waals surface area contributed by atoms with Crippen molar-refractivity contribution in [1.29, 1.82) is 0 Å². The summed E-state index contributed by atoms with van der Waals surface area (Å²) in [6.45, 7) is 2.50. The first-order valence-electron chi connectivity index (χ1n) is 10.9. The van der Waals surface area contributed by atoms with Crippen LogP contribution < -0.4 is 15.1 Å². The number of likely N-dealkylation sites (N-methyl/N-ethyl adjacent to an activating group) is 2. The number of hydrogen-bond acceptors (Lipinski definition) is 7. The Labute approximate surface area is 199 Å². The third-order valence-electron chi connectivity index (χ3n) is 5.69. The van der Waals surface area contributed by atoms with Gasteiger partial charge in [0, 0.05) is 38.6 Å². The molecule has 0 saturated heterocycles. The molecule has 0 aliphatic carbocycles. The van der Waals surface area contributed by atoms with Crippen molar-refractivity contribution in [3.8, 4) is 0 Å². The number of ether oxygens (including phenoxy) is 1. The zero-order valence-electron chi connectivity index (χ0n) is 19.2. The van der Waals surface area contributed by atoms with E-state index in [0.717, 1.165) is 23.4 Å². The lowest BCUT2D eigenvalue weighted by Crippen LogP contribution is -2.33. The van der Waals surface area contributed by atoms with Gasteiger partial charge in [-0.2, -0.15) is 0 Å². The van der Waals surface area contributed by atoms with E-state index >= 15 is 0 Å². The van der Waals surface area contributed by atoms with Crippen LogP contribution in [0.1, 0.15) is 27.6 Å². The molecule has 0 fully saturated rings. The largest absolute Gasteiger partial charge is 0.368 e. The van der Waals surface area contributed by atoms with Crippen LogP contribution in [0.2, 0.25) is 0 Å². The van der Waals surface area contributed by atoms with Crippen LogP contribution in [0, 0.1) is 0 Å². The summed E-state index contributed by atoms with van der Waals surface area (Å²) >= 11 is 1.47. The lowest BCUT2D eigenvalue weighted by atomic mass is 10.1. The van der Waals surface area contributed by atoms with E-state index < -0.39 is 0 Å². The molecule has 0 radical (unpaired) electrons. The number of benzene rings is 2. The Morgan fingerprint density at radius 2 is 1.88 bits per heavy atom. The molecule has 1 unspecified atom stereocenters. The van der Waals surface area contributed by atoms with Gasteiger partial charge in [0.25, 0.3) is 5.91 Å². The van der Waals surface area contributed by atoms with Crippen molar-refractivity contribution in [2.75, 3.05) is 49.8 Å². The number of nitrogens with one attached hydrogen (secondary N) is 1. The van der Waals surface area contributed by atoms with Crippen molar-refractivity contribution in [2.24, 2.45) is 0 Å². The lowest BCUT2D eigenvalue weighted by Gasteiger charge is -2.22. The highest BCUT2D eigenvalue weighted by atomic mass is 32.2. The zero-order chi connectivity index (χ0) is 23.2. The minimum atomic E-state index is -0.0795. The molecule has 1 aliphatic rings. The Bertz CT molecular complexity index is 1080. The number of carbonyl (C=O) groups excluding carboxylic acids is 1. The highest BCUT2D eigenvalue weighted by Gasteiger charge is 2.28. The second-order valence-corrected chi connectivity index (χ2v) is 8.68. The van der Waals surface area contributed by atoms with Crippen LogP contribution >= 0.6 is 11.8 Å². The van der Waals surface area contributed by atoms with Crippen LogP contribution in [0.4, 0.5) is 11.5 Å². The maximum Gasteiger partial charge on any atom is 0.263 e. The molecule has 0 bridgehead atoms. The number of carbonyl (C=O) groups is 1. The predicted molar refractivity (Wildman–Crippen MR) is 133 cm³/mol. The summed E-state index contributed by atoms with van der Waals surface area (Å²) in [5, 5.41) is 3.86. The van der Waals surface area contributed by atoms with Gasteiger partial charge in [0.15, 0.2) is 5.16 Å². The molecule has 4 rings (SSSR count). The van der Waals surface area contributed by atoms with Gasteiger partial charge in [0.05, 0.1) is 12.7 Å². The summed E-state index contributed by atoms with van der Waals surface area (Å²) < 4.78 is 6.20. The fourth-order valence-electron chi connectivity index (χ4n) is 3.84. The quantitative estimate of drug-likeness (QED) is 0.403. The van der Waals surface area contributed by atoms with Gasteiger partial charge in [-0.05, 0) is 36.6 Å². The van der Waals surface area contributed by atoms with Crippen molar-refractivity contribution >= 4 is 29.2 Å². The minimum absolute atomic E-state index is 0.0266. The van der Waals surface area contributed by atoms with Crippen molar-refractivity contribution in [3.05, 3.63) is 77.5 Å². The molecule has 1 atom stereocenters. The molecule has 33 heavy (non-hydrogen) atoms. The van der Waals surface area contributed by atoms with E-state index in [9.17, 15) is 4.79 Å². The molecule has 1 N–H and O–H groups in total. The molecular weight excluding hydrogens is 434 g/mol. The molecule has 2 heterocycles. The smallest absolute Gasteiger partial charge is 0.263 e. The predicted octanol–water partition coefficient (Wildman–Crippen LogP) is 3.77. The SMILES string of the molecule is CNCC(OCc1ccc(N2CCN(C)c3nc(SC)ncc3C2=O)cc1)c1ccccc1. The molecule has 7 nitrogen and oxygen atoms in total. The first kappa shape index (κ1) is 23.2. The van der Waals surface area contributed by atoms with E-state index in [2.05, 4.69) is 27.4 Å². The second-order valence-electron chi connectivity index (χ2n) is 7.91. The number of aromatic nitrogens is 2. The van der Waals surface area contributed by atoms with E-state index in [1.54, 1.807) is 11.1 Å². The highest BCUT2D eigenvalue weighted by molar-refractivity contribution is 7.98. The van der Waals surface area contributed by atoms with Crippen LogP contribution in [0.5, 0.6) is 0 Å². The highest BCUT2D eigenvalue weighted by Crippen LogP contribution is 2.27. The number of rotatable bonds is 8. The van der Waals surface area contributed by atoms with E-state index in [-0.39, 0.29) is 12.0 Å². The van der Waals surface area contributed by atoms with Crippen LogP contribution in [-0.4, -0.2) is 55.9 Å². The maximum atomic E-state index is 13.3. The van der Waals surface area contributed by atoms with Crippen molar-refractivity contribution in [3.63, 3.8) is 0 Å². The number of nitrogens with zero attached hydrogens (tertiary/aromatic N) is 4. The van der Waals surface area contributed by atoms with E-state index in [0.29, 0.717) is 36.2 Å². The molecule has 0 spiro atoms. The molecule has 8 heteroatoms. The maximum absolute atomic E-state index is 13.3. The molecule has 2 aromatic carbocycles. The number of anilines is 2. The van der Waals surface area contributed by atoms with Gasteiger partial charge in [-0.25, -0.2) is 9.97 Å². The van der Waals surface area contributed by atoms with Crippen LogP contribution in [0.15, 0.2) is 66.0 Å². The number of thioether (sulfide) groups is 1. The van der Waals surface area contributed by atoms with Crippen LogP contribution in [0.3, 0.4) is 0 Å². The van der Waals surface area contributed by atoms with E-state index in [4.69, 9.17) is 4.74 Å². The van der Waals surface area contributed by atoms with Gasteiger partial charge in [0.2, 0.25) is 0 Å². The Balaban J connectivity index is 1.47. The zero-order valence-corrected chi connectivity index (χ0v) is 20.0. The van der Waals surface area contributed by atoms with Gasteiger partial charge in [-0.15, -0.1) is 0 Å². The van der Waals surface area contributed by atoms with Gasteiger partial charge in [0.1, 0.15) is 11.4 Å². The third kappa shape index (κ3) is 5.35. The van der Waals surface area contributed by atoms with Crippen LogP contribution in [-0.2, 0) is 11.3 Å². The first-order chi connectivity index (χ1) is 16.1. The summed E-state index contributed by atoms with van der Waals surface area (Å²) in [4.78, 5) is 26.0. The molecule has 3 aromatic rings. The van der Waals surface area contributed by atoms with Crippen molar-refractivity contribution < 1.29 is 9.53 Å². The third-order valence-corrected chi connectivity index (χ3v) is 6.25. The summed E-state index contributed by atoms with van der Waals surface area (Å²) in [5.74, 6) is 0.604. The molecule has 1 aliphatic heterocycles. The monoisotopic (exact) mass is 463 g/mol. The number of amides is 1. The fourth-order valence-corrected chi connectivity index (χ4v) is 4.18. The Morgan fingerprint density at radius 1 is 1.12 bits per heavy atom.